The Morgan fingerprint density at radius 3 is 2.11 bits per heavy atom. The van der Waals surface area contributed by atoms with Crippen LogP contribution < -0.4 is 5.32 Å². The minimum Gasteiger partial charge on any atom is -0.314 e. The van der Waals surface area contributed by atoms with Crippen molar-refractivity contribution in [2.24, 2.45) is 5.92 Å². The van der Waals surface area contributed by atoms with Gasteiger partial charge in [0.2, 0.25) is 0 Å². The predicted octanol–water partition coefficient (Wildman–Crippen LogP) is 0.555. The van der Waals surface area contributed by atoms with Crippen molar-refractivity contribution >= 4 is 0 Å². The molecular formula is C15H32N4. The van der Waals surface area contributed by atoms with E-state index < -0.39 is 0 Å². The summed E-state index contributed by atoms with van der Waals surface area (Å²) in [5.74, 6) is 0.776. The second kappa shape index (κ2) is 8.20. The Bertz CT molecular complexity index is 236. The average molecular weight is 268 g/mol. The van der Waals surface area contributed by atoms with E-state index >= 15 is 0 Å². The lowest BCUT2D eigenvalue weighted by molar-refractivity contribution is 0.130. The molecule has 0 aromatic carbocycles. The van der Waals surface area contributed by atoms with Gasteiger partial charge in [0.25, 0.3) is 0 Å². The highest BCUT2D eigenvalue weighted by atomic mass is 15.3. The maximum atomic E-state index is 3.61. The SMILES string of the molecule is CC(C)CN1CCCN2CCN(CCNCC1)CC2. The lowest BCUT2D eigenvalue weighted by Crippen LogP contribution is -2.48. The van der Waals surface area contributed by atoms with E-state index in [-0.39, 0.29) is 0 Å². The number of rotatable bonds is 2. The molecule has 0 aromatic heterocycles. The van der Waals surface area contributed by atoms with Crippen LogP contribution in [0.5, 0.6) is 0 Å². The minimum absolute atomic E-state index is 0.776. The fourth-order valence-corrected chi connectivity index (χ4v) is 3.16. The first kappa shape index (κ1) is 15.2. The van der Waals surface area contributed by atoms with Gasteiger partial charge < -0.3 is 15.1 Å². The highest BCUT2D eigenvalue weighted by Crippen LogP contribution is 2.05. The van der Waals surface area contributed by atoms with Crippen molar-refractivity contribution in [1.82, 2.24) is 20.0 Å². The smallest absolute Gasteiger partial charge is 0.0110 e. The van der Waals surface area contributed by atoms with Crippen molar-refractivity contribution in [2.45, 2.75) is 20.3 Å². The number of piperazine rings is 1. The minimum atomic E-state index is 0.776. The molecule has 0 radical (unpaired) electrons. The van der Waals surface area contributed by atoms with Crippen molar-refractivity contribution in [2.75, 3.05) is 72.0 Å². The van der Waals surface area contributed by atoms with E-state index in [0.29, 0.717) is 0 Å². The van der Waals surface area contributed by atoms with Gasteiger partial charge >= 0.3 is 0 Å². The summed E-state index contributed by atoms with van der Waals surface area (Å²) in [6.07, 6.45) is 1.33. The lowest BCUT2D eigenvalue weighted by atomic mass is 10.2. The molecule has 0 amide bonds. The van der Waals surface area contributed by atoms with Crippen LogP contribution in [0.4, 0.5) is 0 Å². The van der Waals surface area contributed by atoms with Gasteiger partial charge in [-0.15, -0.1) is 0 Å². The van der Waals surface area contributed by atoms with Crippen LogP contribution in [-0.4, -0.2) is 86.7 Å². The second-order valence-electron chi connectivity index (χ2n) is 6.48. The zero-order chi connectivity index (χ0) is 13.5. The van der Waals surface area contributed by atoms with Gasteiger partial charge in [0.05, 0.1) is 0 Å². The molecule has 0 unspecified atom stereocenters. The molecular weight excluding hydrogens is 236 g/mol. The van der Waals surface area contributed by atoms with Crippen molar-refractivity contribution in [3.8, 4) is 0 Å². The van der Waals surface area contributed by atoms with Gasteiger partial charge in [0.15, 0.2) is 0 Å². The van der Waals surface area contributed by atoms with E-state index in [4.69, 9.17) is 0 Å². The molecule has 4 heteroatoms. The number of hydrogen-bond acceptors (Lipinski definition) is 4. The number of nitrogens with zero attached hydrogens (tertiary/aromatic N) is 3. The summed E-state index contributed by atoms with van der Waals surface area (Å²) in [7, 11) is 0. The van der Waals surface area contributed by atoms with Crippen LogP contribution in [0.1, 0.15) is 20.3 Å². The Hall–Kier alpha value is -0.160. The molecule has 3 saturated heterocycles. The molecule has 4 nitrogen and oxygen atoms in total. The zero-order valence-corrected chi connectivity index (χ0v) is 12.9. The Morgan fingerprint density at radius 1 is 0.789 bits per heavy atom. The standard InChI is InChI=1S/C15H32N4/c1-15(2)14-19-7-3-6-17-10-12-18(13-11-17)8-4-16-5-9-19/h15-16H,3-14H2,1-2H3. The van der Waals surface area contributed by atoms with Gasteiger partial charge in [0, 0.05) is 58.9 Å². The number of fused-ring (bicyclic) bond motifs is 10. The summed E-state index contributed by atoms with van der Waals surface area (Å²) in [5.41, 5.74) is 0. The van der Waals surface area contributed by atoms with Crippen LogP contribution in [0.3, 0.4) is 0 Å². The molecule has 0 aromatic rings. The molecule has 0 spiro atoms. The van der Waals surface area contributed by atoms with E-state index in [1.54, 1.807) is 0 Å². The lowest BCUT2D eigenvalue weighted by Gasteiger charge is -2.34. The molecule has 3 rings (SSSR count). The Balaban J connectivity index is 1.81. The van der Waals surface area contributed by atoms with Gasteiger partial charge in [0.1, 0.15) is 0 Å². The van der Waals surface area contributed by atoms with Crippen LogP contribution in [0.15, 0.2) is 0 Å². The van der Waals surface area contributed by atoms with Crippen molar-refractivity contribution < 1.29 is 0 Å². The van der Waals surface area contributed by atoms with E-state index in [1.807, 2.05) is 0 Å². The molecule has 0 aliphatic carbocycles. The van der Waals surface area contributed by atoms with Crippen molar-refractivity contribution in [3.05, 3.63) is 0 Å². The zero-order valence-electron chi connectivity index (χ0n) is 12.9. The summed E-state index contributed by atoms with van der Waals surface area (Å²) in [4.78, 5) is 7.89. The van der Waals surface area contributed by atoms with Crippen LogP contribution in [0.2, 0.25) is 0 Å². The van der Waals surface area contributed by atoms with Gasteiger partial charge in [-0.3, -0.25) is 4.90 Å². The predicted molar refractivity (Wildman–Crippen MR) is 81.6 cm³/mol. The van der Waals surface area contributed by atoms with E-state index in [9.17, 15) is 0 Å². The summed E-state index contributed by atoms with van der Waals surface area (Å²) in [6.45, 7) is 18.2. The fraction of sp³-hybridized carbons (Fsp3) is 1.00. The summed E-state index contributed by atoms with van der Waals surface area (Å²) >= 11 is 0. The van der Waals surface area contributed by atoms with Gasteiger partial charge in [-0.05, 0) is 25.4 Å². The third-order valence-corrected chi connectivity index (χ3v) is 4.25. The number of hydrogen-bond donors (Lipinski definition) is 1. The maximum absolute atomic E-state index is 3.61. The van der Waals surface area contributed by atoms with Crippen LogP contribution in [-0.2, 0) is 0 Å². The molecule has 1 N–H and O–H groups in total. The summed E-state index contributed by atoms with van der Waals surface area (Å²) < 4.78 is 0. The highest BCUT2D eigenvalue weighted by Gasteiger charge is 2.17. The molecule has 3 fully saturated rings. The fourth-order valence-electron chi connectivity index (χ4n) is 3.16. The second-order valence-corrected chi connectivity index (χ2v) is 6.48. The Morgan fingerprint density at radius 2 is 1.42 bits per heavy atom. The highest BCUT2D eigenvalue weighted by molar-refractivity contribution is 4.74. The van der Waals surface area contributed by atoms with Crippen molar-refractivity contribution in [3.63, 3.8) is 0 Å². The topological polar surface area (TPSA) is 21.8 Å². The van der Waals surface area contributed by atoms with E-state index in [2.05, 4.69) is 33.9 Å². The first-order valence-electron chi connectivity index (χ1n) is 8.12. The quantitative estimate of drug-likeness (QED) is 0.790. The molecule has 19 heavy (non-hydrogen) atoms. The largest absolute Gasteiger partial charge is 0.314 e. The molecule has 3 heterocycles. The van der Waals surface area contributed by atoms with Gasteiger partial charge in [-0.2, -0.15) is 0 Å². The molecule has 112 valence electrons. The van der Waals surface area contributed by atoms with E-state index in [0.717, 1.165) is 19.0 Å². The first-order chi connectivity index (χ1) is 9.24. The van der Waals surface area contributed by atoms with Crippen LogP contribution >= 0.6 is 0 Å². The Labute approximate surface area is 119 Å². The molecule has 0 saturated carbocycles. The van der Waals surface area contributed by atoms with Gasteiger partial charge in [-0.1, -0.05) is 13.8 Å². The van der Waals surface area contributed by atoms with Gasteiger partial charge in [-0.25, -0.2) is 0 Å². The summed E-state index contributed by atoms with van der Waals surface area (Å²) in [5, 5.41) is 3.61. The molecule has 3 aliphatic heterocycles. The van der Waals surface area contributed by atoms with Crippen LogP contribution in [0, 0.1) is 5.92 Å². The average Bonchev–Trinajstić information content (AvgIpc) is 2.41. The third-order valence-electron chi connectivity index (χ3n) is 4.25. The van der Waals surface area contributed by atoms with E-state index in [1.165, 1.54) is 65.3 Å². The maximum Gasteiger partial charge on any atom is 0.0110 e. The number of nitrogens with one attached hydrogen (secondary N) is 1. The van der Waals surface area contributed by atoms with Crippen molar-refractivity contribution in [1.29, 1.82) is 0 Å². The Kier molecular flexibility index (Phi) is 6.57. The normalized spacial score (nSPS) is 31.7. The molecule has 3 aliphatic rings. The monoisotopic (exact) mass is 268 g/mol. The van der Waals surface area contributed by atoms with Crippen LogP contribution in [0.25, 0.3) is 0 Å². The first-order valence-corrected chi connectivity index (χ1v) is 8.12. The molecule has 2 bridgehead atoms. The molecule has 0 atom stereocenters. The third kappa shape index (κ3) is 5.78. The summed E-state index contributed by atoms with van der Waals surface area (Å²) in [6, 6.07) is 0.